The Bertz CT molecular complexity index is 982. The molecule has 27 heavy (non-hydrogen) atoms. The van der Waals surface area contributed by atoms with Crippen molar-refractivity contribution >= 4 is 40.6 Å². The molecule has 1 N–H and O–H groups in total. The number of thioether (sulfide) groups is 1. The number of aromatic carboxylic acids is 1. The van der Waals surface area contributed by atoms with Crippen molar-refractivity contribution in [3.8, 4) is 5.75 Å². The van der Waals surface area contributed by atoms with Crippen LogP contribution in [0.4, 0.5) is 5.69 Å². The summed E-state index contributed by atoms with van der Waals surface area (Å²) >= 11 is 1.26. The van der Waals surface area contributed by atoms with Gasteiger partial charge in [0.25, 0.3) is 5.91 Å². The monoisotopic (exact) mass is 382 g/mol. The van der Waals surface area contributed by atoms with Gasteiger partial charge in [0.05, 0.1) is 23.3 Å². The van der Waals surface area contributed by atoms with Gasteiger partial charge in [0.1, 0.15) is 5.75 Å². The molecule has 138 valence electrons. The molecule has 0 spiro atoms. The zero-order valence-electron chi connectivity index (χ0n) is 15.1. The normalized spacial score (nSPS) is 17.0. The molecule has 1 heterocycles. The fourth-order valence-electron chi connectivity index (χ4n) is 2.55. The lowest BCUT2D eigenvalue weighted by molar-refractivity contribution is -0.121. The van der Waals surface area contributed by atoms with Crippen molar-refractivity contribution < 1.29 is 19.4 Å². The summed E-state index contributed by atoms with van der Waals surface area (Å²) in [7, 11) is 3.26. The highest BCUT2D eigenvalue weighted by molar-refractivity contribution is 8.18. The smallest absolute Gasteiger partial charge is 0.335 e. The Kier molecular flexibility index (Phi) is 5.32. The highest BCUT2D eigenvalue weighted by Crippen LogP contribution is 2.34. The largest absolute Gasteiger partial charge is 0.497 e. The van der Waals surface area contributed by atoms with Gasteiger partial charge in [-0.15, -0.1) is 0 Å². The number of amides is 1. The molecule has 1 fully saturated rings. The molecule has 0 bridgehead atoms. The topological polar surface area (TPSA) is 79.2 Å². The van der Waals surface area contributed by atoms with Gasteiger partial charge in [0, 0.05) is 7.05 Å². The lowest BCUT2D eigenvalue weighted by atomic mass is 10.1. The van der Waals surface area contributed by atoms with E-state index in [4.69, 9.17) is 9.84 Å². The summed E-state index contributed by atoms with van der Waals surface area (Å²) in [6, 6.07) is 12.0. The maximum absolute atomic E-state index is 12.6. The Morgan fingerprint density at radius 2 is 2.04 bits per heavy atom. The fraction of sp³-hybridized carbons (Fsp3) is 0.150. The fourth-order valence-corrected chi connectivity index (χ4v) is 3.53. The lowest BCUT2D eigenvalue weighted by Crippen LogP contribution is -2.23. The molecule has 1 saturated heterocycles. The van der Waals surface area contributed by atoms with Gasteiger partial charge in [-0.05, 0) is 66.2 Å². The van der Waals surface area contributed by atoms with Crippen molar-refractivity contribution in [3.63, 3.8) is 0 Å². The molecule has 6 nitrogen and oxygen atoms in total. The minimum atomic E-state index is -1.02. The van der Waals surface area contributed by atoms with Crippen LogP contribution in [0, 0.1) is 6.92 Å². The van der Waals surface area contributed by atoms with Crippen LogP contribution in [0.25, 0.3) is 6.08 Å². The first-order valence-corrected chi connectivity index (χ1v) is 8.95. The highest BCUT2D eigenvalue weighted by Gasteiger charge is 2.30. The van der Waals surface area contributed by atoms with Crippen molar-refractivity contribution in [2.24, 2.45) is 4.99 Å². The number of nitrogens with zero attached hydrogens (tertiary/aromatic N) is 2. The van der Waals surface area contributed by atoms with Crippen molar-refractivity contribution in [2.45, 2.75) is 6.92 Å². The van der Waals surface area contributed by atoms with Gasteiger partial charge in [0.2, 0.25) is 0 Å². The number of aryl methyl sites for hydroxylation is 1. The molecule has 0 aliphatic carbocycles. The molecule has 0 unspecified atom stereocenters. The average molecular weight is 382 g/mol. The van der Waals surface area contributed by atoms with E-state index in [0.717, 1.165) is 16.9 Å². The van der Waals surface area contributed by atoms with Crippen molar-refractivity contribution in [1.82, 2.24) is 4.90 Å². The van der Waals surface area contributed by atoms with E-state index >= 15 is 0 Å². The number of likely N-dealkylation sites (N-methyl/N-ethyl adjacent to an activating group) is 1. The summed E-state index contributed by atoms with van der Waals surface area (Å²) < 4.78 is 5.21. The van der Waals surface area contributed by atoms with E-state index in [1.165, 1.54) is 28.8 Å². The predicted octanol–water partition coefficient (Wildman–Crippen LogP) is 3.94. The third kappa shape index (κ3) is 4.03. The predicted molar refractivity (Wildman–Crippen MR) is 107 cm³/mol. The number of benzene rings is 2. The molecular weight excluding hydrogens is 364 g/mol. The van der Waals surface area contributed by atoms with Gasteiger partial charge in [0.15, 0.2) is 5.17 Å². The second kappa shape index (κ2) is 7.67. The van der Waals surface area contributed by atoms with Gasteiger partial charge in [-0.25, -0.2) is 9.79 Å². The van der Waals surface area contributed by atoms with Crippen LogP contribution in [0.3, 0.4) is 0 Å². The molecule has 0 saturated carbocycles. The number of aliphatic imine (C=N–C) groups is 1. The minimum Gasteiger partial charge on any atom is -0.497 e. The average Bonchev–Trinajstić information content (AvgIpc) is 2.91. The van der Waals surface area contributed by atoms with Gasteiger partial charge < -0.3 is 9.84 Å². The zero-order valence-corrected chi connectivity index (χ0v) is 15.9. The summed E-state index contributed by atoms with van der Waals surface area (Å²) in [6.45, 7) is 1.95. The number of carbonyl (C=O) groups excluding carboxylic acids is 1. The number of ether oxygens (including phenoxy) is 1. The van der Waals surface area contributed by atoms with Crippen LogP contribution in [-0.4, -0.2) is 41.2 Å². The van der Waals surface area contributed by atoms with Crippen molar-refractivity contribution in [3.05, 3.63) is 64.1 Å². The Morgan fingerprint density at radius 3 is 2.70 bits per heavy atom. The van der Waals surface area contributed by atoms with E-state index in [9.17, 15) is 9.59 Å². The summed E-state index contributed by atoms with van der Waals surface area (Å²) in [5.41, 5.74) is 2.56. The van der Waals surface area contributed by atoms with Gasteiger partial charge in [-0.1, -0.05) is 12.1 Å². The SMILES string of the molecule is COc1ccc(C=C2SC(=Nc3cccc(C(=O)O)c3)N(C)C2=O)c(C)c1. The number of hydrogen-bond donors (Lipinski definition) is 1. The molecule has 0 aromatic heterocycles. The standard InChI is InChI=1S/C20H18N2O4S/c1-12-9-16(26-3)8-7-13(12)11-17-18(23)22(2)20(27-17)21-15-6-4-5-14(10-15)19(24)25/h4-11H,1-3H3,(H,24,25). The Morgan fingerprint density at radius 1 is 1.26 bits per heavy atom. The van der Waals surface area contributed by atoms with E-state index in [-0.39, 0.29) is 11.5 Å². The van der Waals surface area contributed by atoms with Crippen LogP contribution >= 0.6 is 11.8 Å². The van der Waals surface area contributed by atoms with E-state index < -0.39 is 5.97 Å². The van der Waals surface area contributed by atoms with E-state index in [1.54, 1.807) is 26.3 Å². The van der Waals surface area contributed by atoms with Crippen LogP contribution in [-0.2, 0) is 4.79 Å². The van der Waals surface area contributed by atoms with Crippen LogP contribution in [0.5, 0.6) is 5.75 Å². The number of rotatable bonds is 4. The molecule has 3 rings (SSSR count). The first-order chi connectivity index (χ1) is 12.9. The number of methoxy groups -OCH3 is 1. The van der Waals surface area contributed by atoms with Crippen molar-refractivity contribution in [2.75, 3.05) is 14.2 Å². The van der Waals surface area contributed by atoms with E-state index in [2.05, 4.69) is 4.99 Å². The maximum atomic E-state index is 12.6. The molecule has 1 aliphatic rings. The summed E-state index contributed by atoms with van der Waals surface area (Å²) in [4.78, 5) is 30.1. The molecule has 2 aromatic carbocycles. The molecule has 1 aliphatic heterocycles. The molecule has 7 heteroatoms. The number of carbonyl (C=O) groups is 2. The van der Waals surface area contributed by atoms with E-state index in [0.29, 0.717) is 15.8 Å². The van der Waals surface area contributed by atoms with Crippen LogP contribution in [0.1, 0.15) is 21.5 Å². The Labute approximate surface area is 161 Å². The number of hydrogen-bond acceptors (Lipinski definition) is 5. The molecule has 0 radical (unpaired) electrons. The van der Waals surface area contributed by atoms with Crippen LogP contribution in [0.15, 0.2) is 52.4 Å². The highest BCUT2D eigenvalue weighted by atomic mass is 32.2. The van der Waals surface area contributed by atoms with Crippen molar-refractivity contribution in [1.29, 1.82) is 0 Å². The second-order valence-electron chi connectivity index (χ2n) is 5.95. The summed E-state index contributed by atoms with van der Waals surface area (Å²) in [5.74, 6) is -0.405. The van der Waals surface area contributed by atoms with E-state index in [1.807, 2.05) is 31.2 Å². The van der Waals surface area contributed by atoms with Gasteiger partial charge in [-0.2, -0.15) is 0 Å². The quantitative estimate of drug-likeness (QED) is 0.811. The lowest BCUT2D eigenvalue weighted by Gasteiger charge is -2.07. The summed E-state index contributed by atoms with van der Waals surface area (Å²) in [6.07, 6.45) is 1.83. The molecule has 0 atom stereocenters. The maximum Gasteiger partial charge on any atom is 0.335 e. The minimum absolute atomic E-state index is 0.150. The molecular formula is C20H18N2O4S. The number of carboxylic acid groups (broad SMARTS) is 1. The van der Waals surface area contributed by atoms with Gasteiger partial charge in [-0.3, -0.25) is 9.69 Å². The molecule has 1 amide bonds. The third-order valence-electron chi connectivity index (χ3n) is 4.09. The Balaban J connectivity index is 1.91. The third-order valence-corrected chi connectivity index (χ3v) is 5.15. The van der Waals surface area contributed by atoms with Crippen LogP contribution < -0.4 is 4.74 Å². The summed E-state index contributed by atoms with van der Waals surface area (Å²) in [5, 5.41) is 9.60. The first kappa shape index (κ1) is 18.7. The molecule has 2 aromatic rings. The van der Waals surface area contributed by atoms with Gasteiger partial charge >= 0.3 is 5.97 Å². The zero-order chi connectivity index (χ0) is 19.6. The second-order valence-corrected chi connectivity index (χ2v) is 6.96. The van der Waals surface area contributed by atoms with Crippen LogP contribution in [0.2, 0.25) is 0 Å². The number of carboxylic acids is 1. The Hall–Kier alpha value is -3.06. The number of amidine groups is 1. The first-order valence-electron chi connectivity index (χ1n) is 8.13.